The Labute approximate surface area is 159 Å². The zero-order valence-electron chi connectivity index (χ0n) is 14.7. The molecular weight excluding hydrogens is 366 g/mol. The van der Waals surface area contributed by atoms with Gasteiger partial charge in [0.2, 0.25) is 0 Å². The fraction of sp³-hybridized carbons (Fsp3) is 0.150. The van der Waals surface area contributed by atoms with Gasteiger partial charge in [-0.05, 0) is 35.9 Å². The quantitative estimate of drug-likeness (QED) is 0.472. The van der Waals surface area contributed by atoms with Crippen LogP contribution in [0.4, 0.5) is 8.78 Å². The highest BCUT2D eigenvalue weighted by Gasteiger charge is 2.19. The van der Waals surface area contributed by atoms with Crippen LogP contribution < -0.4 is 0 Å². The maximum absolute atomic E-state index is 13.4. The Hall–Kier alpha value is -3.55. The number of hydrogen-bond acceptors (Lipinski definition) is 4. The molecule has 28 heavy (non-hydrogen) atoms. The normalized spacial score (nSPS) is 11.2. The number of alkyl halides is 2. The van der Waals surface area contributed by atoms with Gasteiger partial charge in [0.05, 0.1) is 23.1 Å². The predicted molar refractivity (Wildman–Crippen MR) is 97.9 cm³/mol. The lowest BCUT2D eigenvalue weighted by atomic mass is 10.1. The number of halogens is 2. The van der Waals surface area contributed by atoms with Crippen molar-refractivity contribution < 1.29 is 18.3 Å². The van der Waals surface area contributed by atoms with Gasteiger partial charge in [-0.15, -0.1) is 0 Å². The van der Waals surface area contributed by atoms with Crippen molar-refractivity contribution in [2.75, 3.05) is 0 Å². The minimum atomic E-state index is -2.78. The molecule has 8 heteroatoms. The van der Waals surface area contributed by atoms with Crippen LogP contribution in [0, 0.1) is 0 Å². The summed E-state index contributed by atoms with van der Waals surface area (Å²) in [5.74, 6) is -0.599. The molecule has 2 aromatic carbocycles. The molecule has 0 saturated heterocycles. The predicted octanol–water partition coefficient (Wildman–Crippen LogP) is 4.03. The van der Waals surface area contributed by atoms with Crippen LogP contribution in [-0.2, 0) is 17.9 Å². The van der Waals surface area contributed by atoms with Crippen molar-refractivity contribution in [3.63, 3.8) is 0 Å². The van der Waals surface area contributed by atoms with E-state index in [0.29, 0.717) is 23.1 Å². The second-order valence-electron chi connectivity index (χ2n) is 6.14. The maximum Gasteiger partial charge on any atom is 0.338 e. The SMILES string of the molecule is O=C(OCc1nc2ccccc2n1C(F)F)c1ccc(Cn2cccn2)cc1. The van der Waals surface area contributed by atoms with Crippen LogP contribution in [0.2, 0.25) is 0 Å². The molecule has 0 unspecified atom stereocenters. The van der Waals surface area contributed by atoms with Gasteiger partial charge in [0.15, 0.2) is 5.82 Å². The number of fused-ring (bicyclic) bond motifs is 1. The van der Waals surface area contributed by atoms with Crippen LogP contribution in [0.3, 0.4) is 0 Å². The first-order valence-electron chi connectivity index (χ1n) is 8.59. The standard InChI is InChI=1S/C20H16F2N4O2/c21-20(22)26-17-5-2-1-4-16(17)24-18(26)13-28-19(27)15-8-6-14(7-9-15)12-25-11-3-10-23-25/h1-11,20H,12-13H2. The second-order valence-corrected chi connectivity index (χ2v) is 6.14. The van der Waals surface area contributed by atoms with Gasteiger partial charge < -0.3 is 4.74 Å². The third-order valence-electron chi connectivity index (χ3n) is 4.29. The van der Waals surface area contributed by atoms with Crippen molar-refractivity contribution >= 4 is 17.0 Å². The number of imidazole rings is 1. The fourth-order valence-corrected chi connectivity index (χ4v) is 2.95. The highest BCUT2D eigenvalue weighted by atomic mass is 19.3. The van der Waals surface area contributed by atoms with E-state index < -0.39 is 12.5 Å². The van der Waals surface area contributed by atoms with Crippen molar-refractivity contribution in [1.82, 2.24) is 19.3 Å². The van der Waals surface area contributed by atoms with Crippen LogP contribution in [0.25, 0.3) is 11.0 Å². The Morgan fingerprint density at radius 2 is 1.86 bits per heavy atom. The molecule has 0 aliphatic carbocycles. The molecule has 0 spiro atoms. The summed E-state index contributed by atoms with van der Waals surface area (Å²) in [6.45, 7) is -2.53. The van der Waals surface area contributed by atoms with Crippen LogP contribution in [0.1, 0.15) is 28.3 Å². The number of carbonyl (C=O) groups is 1. The van der Waals surface area contributed by atoms with Gasteiger partial charge in [0, 0.05) is 12.4 Å². The summed E-state index contributed by atoms with van der Waals surface area (Å²) in [5.41, 5.74) is 2.03. The summed E-state index contributed by atoms with van der Waals surface area (Å²) >= 11 is 0. The molecule has 2 aromatic heterocycles. The number of rotatable bonds is 6. The zero-order chi connectivity index (χ0) is 19.5. The molecule has 0 fully saturated rings. The van der Waals surface area contributed by atoms with Crippen LogP contribution in [-0.4, -0.2) is 25.3 Å². The van der Waals surface area contributed by atoms with E-state index >= 15 is 0 Å². The van der Waals surface area contributed by atoms with Crippen LogP contribution >= 0.6 is 0 Å². The smallest absolute Gasteiger partial charge is 0.338 e. The van der Waals surface area contributed by atoms with E-state index in [-0.39, 0.29) is 12.4 Å². The van der Waals surface area contributed by atoms with Gasteiger partial charge in [0.1, 0.15) is 6.61 Å². The Morgan fingerprint density at radius 1 is 1.07 bits per heavy atom. The first kappa shape index (κ1) is 17.8. The molecule has 0 amide bonds. The summed E-state index contributed by atoms with van der Waals surface area (Å²) in [7, 11) is 0. The summed E-state index contributed by atoms with van der Waals surface area (Å²) in [4.78, 5) is 16.4. The highest BCUT2D eigenvalue weighted by Crippen LogP contribution is 2.23. The van der Waals surface area contributed by atoms with E-state index in [1.807, 2.05) is 12.3 Å². The molecule has 4 aromatic rings. The molecule has 0 N–H and O–H groups in total. The summed E-state index contributed by atoms with van der Waals surface area (Å²) in [6, 6.07) is 15.3. The van der Waals surface area contributed by atoms with E-state index in [4.69, 9.17) is 4.74 Å². The molecule has 0 aliphatic heterocycles. The number of para-hydroxylation sites is 2. The Kier molecular flexibility index (Phi) is 4.84. The van der Waals surface area contributed by atoms with Gasteiger partial charge in [-0.3, -0.25) is 9.25 Å². The number of hydrogen-bond donors (Lipinski definition) is 0. The number of aromatic nitrogens is 4. The number of esters is 1. The topological polar surface area (TPSA) is 61.9 Å². The fourth-order valence-electron chi connectivity index (χ4n) is 2.95. The van der Waals surface area contributed by atoms with Gasteiger partial charge in [-0.2, -0.15) is 13.9 Å². The lowest BCUT2D eigenvalue weighted by Gasteiger charge is -2.09. The van der Waals surface area contributed by atoms with E-state index in [0.717, 1.165) is 10.1 Å². The molecule has 0 radical (unpaired) electrons. The Balaban J connectivity index is 1.46. The van der Waals surface area contributed by atoms with Crippen LogP contribution in [0.15, 0.2) is 67.0 Å². The molecule has 6 nitrogen and oxygen atoms in total. The lowest BCUT2D eigenvalue weighted by molar-refractivity contribution is 0.0387. The van der Waals surface area contributed by atoms with Gasteiger partial charge in [0.25, 0.3) is 0 Å². The molecule has 4 rings (SSSR count). The molecule has 0 aliphatic rings. The summed E-state index contributed by atoms with van der Waals surface area (Å²) in [5, 5.41) is 4.13. The molecular formula is C20H16F2N4O2. The minimum Gasteiger partial charge on any atom is -0.454 e. The van der Waals surface area contributed by atoms with Crippen molar-refractivity contribution in [1.29, 1.82) is 0 Å². The van der Waals surface area contributed by atoms with E-state index in [2.05, 4.69) is 10.1 Å². The first-order chi connectivity index (χ1) is 13.6. The maximum atomic E-state index is 13.4. The third kappa shape index (κ3) is 3.62. The zero-order valence-corrected chi connectivity index (χ0v) is 14.7. The number of nitrogens with zero attached hydrogens (tertiary/aromatic N) is 4. The van der Waals surface area contributed by atoms with Crippen molar-refractivity contribution in [2.24, 2.45) is 0 Å². The van der Waals surface area contributed by atoms with E-state index in [1.54, 1.807) is 59.4 Å². The number of ether oxygens (including phenoxy) is 1. The number of carbonyl (C=O) groups excluding carboxylic acids is 1. The molecule has 142 valence electrons. The Bertz CT molecular complexity index is 1090. The largest absolute Gasteiger partial charge is 0.454 e. The number of benzene rings is 2. The monoisotopic (exact) mass is 382 g/mol. The van der Waals surface area contributed by atoms with Crippen molar-refractivity contribution in [3.05, 3.63) is 83.9 Å². The average Bonchev–Trinajstić information content (AvgIpc) is 3.33. The second kappa shape index (κ2) is 7.59. The van der Waals surface area contributed by atoms with E-state index in [9.17, 15) is 13.6 Å². The van der Waals surface area contributed by atoms with Gasteiger partial charge in [-0.25, -0.2) is 9.78 Å². The van der Waals surface area contributed by atoms with E-state index in [1.165, 1.54) is 0 Å². The average molecular weight is 382 g/mol. The first-order valence-corrected chi connectivity index (χ1v) is 8.59. The van der Waals surface area contributed by atoms with Gasteiger partial charge in [-0.1, -0.05) is 24.3 Å². The Morgan fingerprint density at radius 3 is 2.57 bits per heavy atom. The van der Waals surface area contributed by atoms with Crippen molar-refractivity contribution in [3.8, 4) is 0 Å². The minimum absolute atomic E-state index is 0.000137. The highest BCUT2D eigenvalue weighted by molar-refractivity contribution is 5.89. The lowest BCUT2D eigenvalue weighted by Crippen LogP contribution is -2.11. The third-order valence-corrected chi connectivity index (χ3v) is 4.29. The molecule has 2 heterocycles. The van der Waals surface area contributed by atoms with Crippen molar-refractivity contribution in [2.45, 2.75) is 19.7 Å². The summed E-state index contributed by atoms with van der Waals surface area (Å²) < 4.78 is 34.6. The van der Waals surface area contributed by atoms with Crippen LogP contribution in [0.5, 0.6) is 0 Å². The van der Waals surface area contributed by atoms with Gasteiger partial charge >= 0.3 is 12.5 Å². The molecule has 0 atom stereocenters. The molecule has 0 bridgehead atoms. The summed E-state index contributed by atoms with van der Waals surface area (Å²) in [6.07, 6.45) is 3.54. The molecule has 0 saturated carbocycles.